The van der Waals surface area contributed by atoms with Gasteiger partial charge in [0.2, 0.25) is 15.9 Å². The van der Waals surface area contributed by atoms with Crippen LogP contribution in [0.15, 0.2) is 41.4 Å². The number of aromatic nitrogens is 1. The van der Waals surface area contributed by atoms with Crippen molar-refractivity contribution in [2.45, 2.75) is 4.90 Å². The first-order valence-electron chi connectivity index (χ1n) is 5.12. The van der Waals surface area contributed by atoms with E-state index in [-0.39, 0.29) is 4.90 Å². The monoisotopic (exact) mass is 265 g/mol. The molecule has 1 heterocycles. The lowest BCUT2D eigenvalue weighted by Gasteiger charge is -2.07. The van der Waals surface area contributed by atoms with Gasteiger partial charge in [-0.1, -0.05) is 6.07 Å². The topological polar surface area (TPSA) is 102 Å². The predicted octanol–water partition coefficient (Wildman–Crippen LogP) is -0.00160. The first-order valence-corrected chi connectivity index (χ1v) is 6.61. The van der Waals surface area contributed by atoms with Crippen molar-refractivity contribution in [3.05, 3.63) is 36.5 Å². The molecule has 2 aromatic rings. The Morgan fingerprint density at radius 1 is 1.28 bits per heavy atom. The van der Waals surface area contributed by atoms with Crippen LogP contribution in [0.2, 0.25) is 0 Å². The molecule has 0 spiro atoms. The van der Waals surface area contributed by atoms with Gasteiger partial charge in [-0.25, -0.2) is 13.1 Å². The second-order valence-electron chi connectivity index (χ2n) is 3.62. The number of carbonyl (C=O) groups excluding carboxylic acids is 1. The summed E-state index contributed by atoms with van der Waals surface area (Å²) >= 11 is 0. The average molecular weight is 265 g/mol. The molecular weight excluding hydrogens is 254 g/mol. The lowest BCUT2D eigenvalue weighted by atomic mass is 10.2. The van der Waals surface area contributed by atoms with E-state index in [1.807, 2.05) is 0 Å². The summed E-state index contributed by atoms with van der Waals surface area (Å²) in [5.74, 6) is -0.739. The van der Waals surface area contributed by atoms with Crippen LogP contribution < -0.4 is 10.5 Å². The second-order valence-corrected chi connectivity index (χ2v) is 5.35. The van der Waals surface area contributed by atoms with Crippen molar-refractivity contribution in [2.75, 3.05) is 6.54 Å². The molecule has 0 atom stereocenters. The Labute approximate surface area is 104 Å². The molecule has 0 bridgehead atoms. The van der Waals surface area contributed by atoms with E-state index < -0.39 is 22.5 Å². The molecule has 0 radical (unpaired) electrons. The highest BCUT2D eigenvalue weighted by Crippen LogP contribution is 2.20. The molecule has 0 unspecified atom stereocenters. The summed E-state index contributed by atoms with van der Waals surface area (Å²) in [7, 11) is -3.77. The van der Waals surface area contributed by atoms with Crippen LogP contribution in [0.25, 0.3) is 10.9 Å². The Morgan fingerprint density at radius 3 is 2.78 bits per heavy atom. The number of nitrogens with zero attached hydrogens (tertiary/aromatic N) is 1. The van der Waals surface area contributed by atoms with Crippen molar-refractivity contribution in [1.29, 1.82) is 0 Å². The molecular formula is C11H11N3O3S. The minimum absolute atomic E-state index is 0.0781. The van der Waals surface area contributed by atoms with Gasteiger partial charge < -0.3 is 5.73 Å². The number of rotatable bonds is 4. The molecule has 94 valence electrons. The smallest absolute Gasteiger partial charge is 0.241 e. The van der Waals surface area contributed by atoms with Crippen LogP contribution in [-0.2, 0) is 14.8 Å². The third kappa shape index (κ3) is 2.47. The van der Waals surface area contributed by atoms with E-state index in [1.54, 1.807) is 30.5 Å². The number of nitrogens with two attached hydrogens (primary N) is 1. The highest BCUT2D eigenvalue weighted by atomic mass is 32.2. The van der Waals surface area contributed by atoms with Crippen molar-refractivity contribution in [3.8, 4) is 0 Å². The van der Waals surface area contributed by atoms with E-state index in [4.69, 9.17) is 5.73 Å². The predicted molar refractivity (Wildman–Crippen MR) is 66.1 cm³/mol. The summed E-state index contributed by atoms with van der Waals surface area (Å²) in [6.45, 7) is -0.432. The van der Waals surface area contributed by atoms with Crippen LogP contribution in [0.5, 0.6) is 0 Å². The maximum absolute atomic E-state index is 12.0. The van der Waals surface area contributed by atoms with Crippen molar-refractivity contribution < 1.29 is 13.2 Å². The summed E-state index contributed by atoms with van der Waals surface area (Å²) in [6.07, 6.45) is 1.58. The summed E-state index contributed by atoms with van der Waals surface area (Å²) in [5, 5.41) is 0.497. The summed E-state index contributed by atoms with van der Waals surface area (Å²) < 4.78 is 26.1. The van der Waals surface area contributed by atoms with Crippen LogP contribution in [0.4, 0.5) is 0 Å². The maximum atomic E-state index is 12.0. The molecule has 1 aromatic carbocycles. The highest BCUT2D eigenvalue weighted by Gasteiger charge is 2.17. The van der Waals surface area contributed by atoms with Crippen LogP contribution in [-0.4, -0.2) is 25.9 Å². The fourth-order valence-corrected chi connectivity index (χ4v) is 2.76. The van der Waals surface area contributed by atoms with Gasteiger partial charge in [0, 0.05) is 11.6 Å². The van der Waals surface area contributed by atoms with E-state index in [9.17, 15) is 13.2 Å². The Hall–Kier alpha value is -1.99. The van der Waals surface area contributed by atoms with Crippen LogP contribution >= 0.6 is 0 Å². The lowest BCUT2D eigenvalue weighted by molar-refractivity contribution is -0.116. The average Bonchev–Trinajstić information content (AvgIpc) is 2.36. The fraction of sp³-hybridized carbons (Fsp3) is 0.0909. The highest BCUT2D eigenvalue weighted by molar-refractivity contribution is 7.89. The number of hydrogen-bond donors (Lipinski definition) is 2. The quantitative estimate of drug-likeness (QED) is 0.812. The molecule has 0 saturated carbocycles. The first-order chi connectivity index (χ1) is 8.50. The van der Waals surface area contributed by atoms with E-state index >= 15 is 0 Å². The van der Waals surface area contributed by atoms with Gasteiger partial charge in [-0.05, 0) is 24.3 Å². The van der Waals surface area contributed by atoms with Gasteiger partial charge in [0.15, 0.2) is 0 Å². The molecule has 2 rings (SSSR count). The van der Waals surface area contributed by atoms with Crippen molar-refractivity contribution in [1.82, 2.24) is 9.71 Å². The molecule has 3 N–H and O–H groups in total. The zero-order valence-electron chi connectivity index (χ0n) is 9.33. The fourth-order valence-electron chi connectivity index (χ4n) is 1.55. The second kappa shape index (κ2) is 4.71. The number of nitrogens with one attached hydrogen (secondary N) is 1. The van der Waals surface area contributed by atoms with Crippen LogP contribution in [0.3, 0.4) is 0 Å². The van der Waals surface area contributed by atoms with Gasteiger partial charge in [0.1, 0.15) is 0 Å². The molecule has 7 heteroatoms. The minimum atomic E-state index is -3.77. The minimum Gasteiger partial charge on any atom is -0.369 e. The zero-order chi connectivity index (χ0) is 13.2. The molecule has 0 fully saturated rings. The summed E-state index contributed by atoms with van der Waals surface area (Å²) in [5.41, 5.74) is 5.48. The molecule has 0 saturated heterocycles. The number of amides is 1. The molecule has 18 heavy (non-hydrogen) atoms. The van der Waals surface area contributed by atoms with Crippen molar-refractivity contribution in [2.24, 2.45) is 5.73 Å². The SMILES string of the molecule is NC(=O)CNS(=O)(=O)c1cccc2ncccc12. The Kier molecular flexibility index (Phi) is 3.26. The number of sulfonamides is 1. The molecule has 0 aliphatic carbocycles. The largest absolute Gasteiger partial charge is 0.369 e. The van der Waals surface area contributed by atoms with Crippen LogP contribution in [0.1, 0.15) is 0 Å². The number of carbonyl (C=O) groups is 1. The Bertz CT molecular complexity index is 692. The number of hydrogen-bond acceptors (Lipinski definition) is 4. The molecule has 6 nitrogen and oxygen atoms in total. The number of primary amides is 1. The third-order valence-electron chi connectivity index (χ3n) is 2.33. The summed E-state index contributed by atoms with van der Waals surface area (Å²) in [6, 6.07) is 8.06. The number of pyridine rings is 1. The standard InChI is InChI=1S/C11H11N3O3S/c12-11(15)7-14-18(16,17)10-5-1-4-9-8(10)3-2-6-13-9/h1-6,14H,7H2,(H2,12,15). The van der Waals surface area contributed by atoms with E-state index in [0.717, 1.165) is 0 Å². The Morgan fingerprint density at radius 2 is 2.06 bits per heavy atom. The van der Waals surface area contributed by atoms with E-state index in [1.165, 1.54) is 6.07 Å². The normalized spacial score (nSPS) is 11.6. The number of benzene rings is 1. The Balaban J connectivity index is 2.50. The lowest BCUT2D eigenvalue weighted by Crippen LogP contribution is -2.33. The van der Waals surface area contributed by atoms with Crippen LogP contribution in [0, 0.1) is 0 Å². The van der Waals surface area contributed by atoms with Gasteiger partial charge in [-0.3, -0.25) is 9.78 Å². The van der Waals surface area contributed by atoms with Gasteiger partial charge in [-0.2, -0.15) is 0 Å². The van der Waals surface area contributed by atoms with E-state index in [2.05, 4.69) is 9.71 Å². The van der Waals surface area contributed by atoms with E-state index in [0.29, 0.717) is 10.9 Å². The van der Waals surface area contributed by atoms with Gasteiger partial charge in [-0.15, -0.1) is 0 Å². The maximum Gasteiger partial charge on any atom is 0.241 e. The molecule has 0 aliphatic rings. The van der Waals surface area contributed by atoms with Gasteiger partial charge in [0.25, 0.3) is 0 Å². The van der Waals surface area contributed by atoms with Gasteiger partial charge >= 0.3 is 0 Å². The third-order valence-corrected chi connectivity index (χ3v) is 3.79. The zero-order valence-corrected chi connectivity index (χ0v) is 10.1. The van der Waals surface area contributed by atoms with Crippen molar-refractivity contribution in [3.63, 3.8) is 0 Å². The number of fused-ring (bicyclic) bond motifs is 1. The summed E-state index contributed by atoms with van der Waals surface area (Å²) in [4.78, 5) is 14.8. The molecule has 0 aliphatic heterocycles. The first kappa shape index (κ1) is 12.5. The van der Waals surface area contributed by atoms with Crippen molar-refractivity contribution >= 4 is 26.8 Å². The molecule has 1 amide bonds. The van der Waals surface area contributed by atoms with Gasteiger partial charge in [0.05, 0.1) is 17.0 Å². The molecule has 1 aromatic heterocycles.